The van der Waals surface area contributed by atoms with Crippen molar-refractivity contribution in [1.82, 2.24) is 9.80 Å². The first-order valence-electron chi connectivity index (χ1n) is 10.3. The third kappa shape index (κ3) is 5.75. The van der Waals surface area contributed by atoms with Crippen LogP contribution in [0, 0.1) is 6.92 Å². The molecule has 0 N–H and O–H groups in total. The molecule has 2 aromatic rings. The van der Waals surface area contributed by atoms with E-state index in [1.807, 2.05) is 49.4 Å². The molecule has 0 saturated carbocycles. The van der Waals surface area contributed by atoms with Gasteiger partial charge < -0.3 is 19.3 Å². The lowest BCUT2D eigenvalue weighted by Gasteiger charge is -2.34. The van der Waals surface area contributed by atoms with Crippen LogP contribution in [0.1, 0.15) is 21.5 Å². The zero-order valence-electron chi connectivity index (χ0n) is 18.0. The number of amides is 2. The molecule has 0 radical (unpaired) electrons. The van der Waals surface area contributed by atoms with Gasteiger partial charge in [0, 0.05) is 37.8 Å². The monoisotopic (exact) mass is 420 g/mol. The first kappa shape index (κ1) is 22.2. The van der Waals surface area contributed by atoms with E-state index in [0.717, 1.165) is 11.1 Å². The molecule has 1 aliphatic heterocycles. The van der Waals surface area contributed by atoms with E-state index in [0.29, 0.717) is 49.8 Å². The minimum atomic E-state index is -0.0756. The third-order valence-corrected chi connectivity index (χ3v) is 5.14. The van der Waals surface area contributed by atoms with Crippen LogP contribution in [-0.4, -0.2) is 61.5 Å². The van der Waals surface area contributed by atoms with Crippen LogP contribution < -0.4 is 9.47 Å². The predicted octanol–water partition coefficient (Wildman–Crippen LogP) is 3.57. The van der Waals surface area contributed by atoms with Crippen LogP contribution >= 0.6 is 0 Å². The molecule has 1 heterocycles. The largest absolute Gasteiger partial charge is 0.493 e. The average molecular weight is 421 g/mol. The highest BCUT2D eigenvalue weighted by atomic mass is 16.5. The first-order chi connectivity index (χ1) is 15.0. The summed E-state index contributed by atoms with van der Waals surface area (Å²) in [6, 6.07) is 13.1. The number of carbonyl (C=O) groups is 2. The van der Waals surface area contributed by atoms with Crippen LogP contribution in [0.5, 0.6) is 11.5 Å². The lowest BCUT2D eigenvalue weighted by atomic mass is 10.1. The standard InChI is InChI=1S/C25H28N2O4/c1-4-17-31-22-11-7-20(18-23(22)30-3)8-12-24(28)26-13-15-27(16-14-26)25(29)21-9-5-19(2)6-10-21/h4-12,18H,1,13-17H2,2-3H3/b12-8+. The van der Waals surface area contributed by atoms with Gasteiger partial charge in [-0.3, -0.25) is 9.59 Å². The van der Waals surface area contributed by atoms with E-state index < -0.39 is 0 Å². The summed E-state index contributed by atoms with van der Waals surface area (Å²) in [6.45, 7) is 8.09. The van der Waals surface area contributed by atoms with Crippen LogP contribution in [0.2, 0.25) is 0 Å². The summed E-state index contributed by atoms with van der Waals surface area (Å²) in [5.41, 5.74) is 2.64. The summed E-state index contributed by atoms with van der Waals surface area (Å²) < 4.78 is 10.9. The zero-order chi connectivity index (χ0) is 22.2. The maximum atomic E-state index is 12.6. The Balaban J connectivity index is 1.56. The van der Waals surface area contributed by atoms with Gasteiger partial charge in [0.25, 0.3) is 5.91 Å². The fraction of sp³-hybridized carbons (Fsp3) is 0.280. The van der Waals surface area contributed by atoms with Gasteiger partial charge in [0.15, 0.2) is 11.5 Å². The molecule has 0 bridgehead atoms. The van der Waals surface area contributed by atoms with Crippen molar-refractivity contribution < 1.29 is 19.1 Å². The maximum absolute atomic E-state index is 12.6. The van der Waals surface area contributed by atoms with Crippen molar-refractivity contribution in [1.29, 1.82) is 0 Å². The van der Waals surface area contributed by atoms with E-state index in [2.05, 4.69) is 6.58 Å². The molecule has 1 fully saturated rings. The van der Waals surface area contributed by atoms with Gasteiger partial charge in [-0.2, -0.15) is 0 Å². The number of ether oxygens (including phenoxy) is 2. The fourth-order valence-electron chi connectivity index (χ4n) is 3.34. The number of piperazine rings is 1. The minimum Gasteiger partial charge on any atom is -0.493 e. The molecular weight excluding hydrogens is 392 g/mol. The van der Waals surface area contributed by atoms with E-state index in [1.54, 1.807) is 35.1 Å². The number of benzene rings is 2. The zero-order valence-corrected chi connectivity index (χ0v) is 18.0. The molecule has 162 valence electrons. The highest BCUT2D eigenvalue weighted by Crippen LogP contribution is 2.28. The number of hydrogen-bond acceptors (Lipinski definition) is 4. The van der Waals surface area contributed by atoms with Gasteiger partial charge in [-0.25, -0.2) is 0 Å². The smallest absolute Gasteiger partial charge is 0.253 e. The molecule has 0 aromatic heterocycles. The number of methoxy groups -OCH3 is 1. The van der Waals surface area contributed by atoms with Crippen molar-refractivity contribution >= 4 is 17.9 Å². The van der Waals surface area contributed by atoms with Crippen molar-refractivity contribution in [2.45, 2.75) is 6.92 Å². The molecular formula is C25H28N2O4. The molecule has 0 atom stereocenters. The van der Waals surface area contributed by atoms with E-state index >= 15 is 0 Å². The molecule has 0 spiro atoms. The molecule has 1 saturated heterocycles. The van der Waals surface area contributed by atoms with Crippen LogP contribution in [-0.2, 0) is 4.79 Å². The molecule has 2 amide bonds. The number of carbonyl (C=O) groups excluding carboxylic acids is 2. The topological polar surface area (TPSA) is 59.1 Å². The van der Waals surface area contributed by atoms with Crippen molar-refractivity contribution in [2.75, 3.05) is 39.9 Å². The van der Waals surface area contributed by atoms with Gasteiger partial charge in [0.2, 0.25) is 5.91 Å². The third-order valence-electron chi connectivity index (χ3n) is 5.14. The molecule has 6 heteroatoms. The molecule has 6 nitrogen and oxygen atoms in total. The lowest BCUT2D eigenvalue weighted by Crippen LogP contribution is -2.50. The van der Waals surface area contributed by atoms with Crippen LogP contribution in [0.4, 0.5) is 0 Å². The maximum Gasteiger partial charge on any atom is 0.253 e. The van der Waals surface area contributed by atoms with Crippen LogP contribution in [0.3, 0.4) is 0 Å². The van der Waals surface area contributed by atoms with E-state index in [-0.39, 0.29) is 11.8 Å². The van der Waals surface area contributed by atoms with Gasteiger partial charge >= 0.3 is 0 Å². The molecule has 2 aromatic carbocycles. The summed E-state index contributed by atoms with van der Waals surface area (Å²) in [6.07, 6.45) is 4.97. The fourth-order valence-corrected chi connectivity index (χ4v) is 3.34. The molecule has 0 unspecified atom stereocenters. The molecule has 1 aliphatic rings. The Labute approximate surface area is 183 Å². The number of aryl methyl sites for hydroxylation is 1. The quantitative estimate of drug-likeness (QED) is 0.508. The van der Waals surface area contributed by atoms with E-state index in [4.69, 9.17) is 9.47 Å². The summed E-state index contributed by atoms with van der Waals surface area (Å²) in [4.78, 5) is 28.8. The predicted molar refractivity (Wildman–Crippen MR) is 121 cm³/mol. The second kappa shape index (κ2) is 10.5. The van der Waals surface area contributed by atoms with Crippen LogP contribution in [0.25, 0.3) is 6.08 Å². The SMILES string of the molecule is C=CCOc1ccc(/C=C/C(=O)N2CCN(C(=O)c3ccc(C)cc3)CC2)cc1OC. The normalized spacial score (nSPS) is 13.9. The van der Waals surface area contributed by atoms with Crippen molar-refractivity contribution in [2.24, 2.45) is 0 Å². The van der Waals surface area contributed by atoms with Gasteiger partial charge in [-0.15, -0.1) is 0 Å². The first-order valence-corrected chi connectivity index (χ1v) is 10.3. The Hall–Kier alpha value is -3.54. The van der Waals surface area contributed by atoms with E-state index in [9.17, 15) is 9.59 Å². The summed E-state index contributed by atoms with van der Waals surface area (Å²) >= 11 is 0. The molecule has 31 heavy (non-hydrogen) atoms. The molecule has 3 rings (SSSR count). The van der Waals surface area contributed by atoms with Crippen LogP contribution in [0.15, 0.2) is 61.2 Å². The average Bonchev–Trinajstić information content (AvgIpc) is 2.81. The summed E-state index contributed by atoms with van der Waals surface area (Å²) in [5, 5.41) is 0. The summed E-state index contributed by atoms with van der Waals surface area (Å²) in [5.74, 6) is 1.15. The van der Waals surface area contributed by atoms with Crippen molar-refractivity contribution in [3.05, 3.63) is 77.9 Å². The Kier molecular flexibility index (Phi) is 7.49. The van der Waals surface area contributed by atoms with Crippen molar-refractivity contribution in [3.63, 3.8) is 0 Å². The Bertz CT molecular complexity index is 958. The second-order valence-electron chi connectivity index (χ2n) is 7.33. The molecule has 0 aliphatic carbocycles. The highest BCUT2D eigenvalue weighted by molar-refractivity contribution is 5.95. The Morgan fingerprint density at radius 1 is 1.00 bits per heavy atom. The Morgan fingerprint density at radius 3 is 2.32 bits per heavy atom. The number of nitrogens with zero attached hydrogens (tertiary/aromatic N) is 2. The minimum absolute atomic E-state index is 0.00787. The number of hydrogen-bond donors (Lipinski definition) is 0. The van der Waals surface area contributed by atoms with Gasteiger partial charge in [-0.1, -0.05) is 36.4 Å². The number of rotatable bonds is 7. The van der Waals surface area contributed by atoms with Gasteiger partial charge in [0.05, 0.1) is 7.11 Å². The van der Waals surface area contributed by atoms with Crippen molar-refractivity contribution in [3.8, 4) is 11.5 Å². The second-order valence-corrected chi connectivity index (χ2v) is 7.33. The lowest BCUT2D eigenvalue weighted by molar-refractivity contribution is -0.127. The van der Waals surface area contributed by atoms with Gasteiger partial charge in [-0.05, 0) is 42.8 Å². The van der Waals surface area contributed by atoms with E-state index in [1.165, 1.54) is 0 Å². The van der Waals surface area contributed by atoms with Gasteiger partial charge in [0.1, 0.15) is 6.61 Å². The Morgan fingerprint density at radius 2 is 1.68 bits per heavy atom. The highest BCUT2D eigenvalue weighted by Gasteiger charge is 2.23. The summed E-state index contributed by atoms with van der Waals surface area (Å²) in [7, 11) is 1.58.